The summed E-state index contributed by atoms with van der Waals surface area (Å²) in [6.07, 6.45) is 4.71. The molecule has 0 unspecified atom stereocenters. The second-order valence-corrected chi connectivity index (χ2v) is 4.74. The first-order chi connectivity index (χ1) is 9.65. The van der Waals surface area contributed by atoms with Crippen LogP contribution in [-0.4, -0.2) is 42.2 Å². The molecule has 1 aliphatic rings. The summed E-state index contributed by atoms with van der Waals surface area (Å²) in [6.45, 7) is 0.641. The average molecular weight is 279 g/mol. The van der Waals surface area contributed by atoms with E-state index in [0.29, 0.717) is 12.1 Å². The van der Waals surface area contributed by atoms with E-state index in [4.69, 9.17) is 4.74 Å². The number of aliphatic hydroxyl groups is 1. The van der Waals surface area contributed by atoms with Gasteiger partial charge in [-0.25, -0.2) is 4.39 Å². The molecular weight excluding hydrogens is 261 g/mol. The smallest absolute Gasteiger partial charge is 0.246 e. The van der Waals surface area contributed by atoms with Gasteiger partial charge < -0.3 is 14.7 Å². The molecule has 1 aromatic rings. The van der Waals surface area contributed by atoms with Gasteiger partial charge in [-0.1, -0.05) is 6.07 Å². The fourth-order valence-electron chi connectivity index (χ4n) is 2.37. The van der Waals surface area contributed by atoms with E-state index in [2.05, 4.69) is 0 Å². The first kappa shape index (κ1) is 14.5. The lowest BCUT2D eigenvalue weighted by molar-refractivity contribution is -0.127. The largest absolute Gasteiger partial charge is 0.494 e. The minimum absolute atomic E-state index is 0.0171. The van der Waals surface area contributed by atoms with Crippen molar-refractivity contribution in [2.75, 3.05) is 20.3 Å². The molecule has 4 nitrogen and oxygen atoms in total. The van der Waals surface area contributed by atoms with Gasteiger partial charge in [-0.15, -0.1) is 0 Å². The van der Waals surface area contributed by atoms with Gasteiger partial charge in [0.1, 0.15) is 0 Å². The summed E-state index contributed by atoms with van der Waals surface area (Å²) in [5, 5.41) is 9.18. The monoisotopic (exact) mass is 279 g/mol. The Kier molecular flexibility index (Phi) is 4.74. The molecule has 1 aromatic carbocycles. The molecule has 0 bridgehead atoms. The number of ether oxygens (including phenoxy) is 1. The molecule has 0 aromatic heterocycles. The quantitative estimate of drug-likeness (QED) is 0.855. The van der Waals surface area contributed by atoms with Crippen LogP contribution in [0, 0.1) is 5.82 Å². The predicted molar refractivity (Wildman–Crippen MR) is 73.8 cm³/mol. The Balaban J connectivity index is 2.05. The molecular formula is C15H18FNO3. The summed E-state index contributed by atoms with van der Waals surface area (Å²) in [6, 6.07) is 4.42. The molecule has 1 aliphatic heterocycles. The second kappa shape index (κ2) is 6.52. The highest BCUT2D eigenvalue weighted by Gasteiger charge is 2.26. The minimum atomic E-state index is -0.462. The van der Waals surface area contributed by atoms with Crippen LogP contribution >= 0.6 is 0 Å². The Morgan fingerprint density at radius 3 is 3.05 bits per heavy atom. The van der Waals surface area contributed by atoms with Crippen LogP contribution in [0.3, 0.4) is 0 Å². The average Bonchev–Trinajstić information content (AvgIpc) is 2.93. The van der Waals surface area contributed by atoms with Crippen molar-refractivity contribution in [3.05, 3.63) is 35.7 Å². The maximum absolute atomic E-state index is 13.5. The molecule has 0 aliphatic carbocycles. The van der Waals surface area contributed by atoms with Crippen LogP contribution in [0.4, 0.5) is 4.39 Å². The minimum Gasteiger partial charge on any atom is -0.494 e. The number of nitrogens with zero attached hydrogens (tertiary/aromatic N) is 1. The van der Waals surface area contributed by atoms with Gasteiger partial charge >= 0.3 is 0 Å². The highest BCUT2D eigenvalue weighted by atomic mass is 19.1. The zero-order chi connectivity index (χ0) is 14.5. The number of amides is 1. The van der Waals surface area contributed by atoms with Gasteiger partial charge in [0, 0.05) is 12.6 Å². The van der Waals surface area contributed by atoms with Crippen LogP contribution in [0.25, 0.3) is 6.08 Å². The standard InChI is InChI=1S/C15H18FNO3/c1-20-14-6-4-11(9-13(14)16)5-7-15(19)17-8-2-3-12(17)10-18/h4-7,9,12,18H,2-3,8,10H2,1H3/t12-/m0/s1. The Morgan fingerprint density at radius 2 is 2.40 bits per heavy atom. The van der Waals surface area contributed by atoms with Gasteiger partial charge in [0.25, 0.3) is 0 Å². The molecule has 1 N–H and O–H groups in total. The van der Waals surface area contributed by atoms with Crippen molar-refractivity contribution in [1.29, 1.82) is 0 Å². The van der Waals surface area contributed by atoms with Crippen molar-refractivity contribution in [3.8, 4) is 5.75 Å². The van der Waals surface area contributed by atoms with Gasteiger partial charge in [0.2, 0.25) is 5.91 Å². The fraction of sp³-hybridized carbons (Fsp3) is 0.400. The lowest BCUT2D eigenvalue weighted by Crippen LogP contribution is -2.36. The zero-order valence-electron chi connectivity index (χ0n) is 11.4. The summed E-state index contributed by atoms with van der Waals surface area (Å²) in [5.41, 5.74) is 0.594. The van der Waals surface area contributed by atoms with E-state index < -0.39 is 5.82 Å². The van der Waals surface area contributed by atoms with Crippen LogP contribution in [0.1, 0.15) is 18.4 Å². The Hall–Kier alpha value is -1.88. The molecule has 2 rings (SSSR count). The summed E-state index contributed by atoms with van der Waals surface area (Å²) >= 11 is 0. The first-order valence-electron chi connectivity index (χ1n) is 6.58. The summed E-state index contributed by atoms with van der Waals surface area (Å²) < 4.78 is 18.3. The number of carbonyl (C=O) groups excluding carboxylic acids is 1. The summed E-state index contributed by atoms with van der Waals surface area (Å²) in [5.74, 6) is -0.442. The number of rotatable bonds is 4. The van der Waals surface area contributed by atoms with Crippen molar-refractivity contribution >= 4 is 12.0 Å². The van der Waals surface area contributed by atoms with Crippen molar-refractivity contribution < 1.29 is 19.0 Å². The first-order valence-corrected chi connectivity index (χ1v) is 6.58. The molecule has 1 atom stereocenters. The van der Waals surface area contributed by atoms with Gasteiger partial charge in [-0.05, 0) is 36.6 Å². The summed E-state index contributed by atoms with van der Waals surface area (Å²) in [7, 11) is 1.40. The van der Waals surface area contributed by atoms with Crippen LogP contribution in [-0.2, 0) is 4.79 Å². The van der Waals surface area contributed by atoms with Crippen LogP contribution < -0.4 is 4.74 Å². The molecule has 1 amide bonds. The molecule has 5 heteroatoms. The molecule has 0 saturated carbocycles. The maximum atomic E-state index is 13.5. The summed E-state index contributed by atoms with van der Waals surface area (Å²) in [4.78, 5) is 13.7. The number of carbonyl (C=O) groups is 1. The van der Waals surface area contributed by atoms with Crippen molar-refractivity contribution in [2.45, 2.75) is 18.9 Å². The van der Waals surface area contributed by atoms with Gasteiger partial charge in [0.15, 0.2) is 11.6 Å². The number of benzene rings is 1. The van der Waals surface area contributed by atoms with Gasteiger partial charge in [-0.3, -0.25) is 4.79 Å². The molecule has 1 fully saturated rings. The third kappa shape index (κ3) is 3.17. The van der Waals surface area contributed by atoms with E-state index in [0.717, 1.165) is 12.8 Å². The van der Waals surface area contributed by atoms with E-state index in [-0.39, 0.29) is 24.3 Å². The third-order valence-electron chi connectivity index (χ3n) is 3.47. The van der Waals surface area contributed by atoms with Crippen LogP contribution in [0.2, 0.25) is 0 Å². The Morgan fingerprint density at radius 1 is 1.60 bits per heavy atom. The number of methoxy groups -OCH3 is 1. The van der Waals surface area contributed by atoms with Crippen LogP contribution in [0.15, 0.2) is 24.3 Å². The van der Waals surface area contributed by atoms with Crippen molar-refractivity contribution in [1.82, 2.24) is 4.90 Å². The molecule has 1 heterocycles. The molecule has 0 spiro atoms. The van der Waals surface area contributed by atoms with Crippen molar-refractivity contribution in [3.63, 3.8) is 0 Å². The van der Waals surface area contributed by atoms with Crippen LogP contribution in [0.5, 0.6) is 5.75 Å². The zero-order valence-corrected chi connectivity index (χ0v) is 11.4. The molecule has 0 radical (unpaired) electrons. The molecule has 108 valence electrons. The number of hydrogen-bond acceptors (Lipinski definition) is 3. The van der Waals surface area contributed by atoms with Crippen molar-refractivity contribution in [2.24, 2.45) is 0 Å². The SMILES string of the molecule is COc1ccc(C=CC(=O)N2CCC[C@H]2CO)cc1F. The van der Waals surface area contributed by atoms with E-state index in [1.54, 1.807) is 17.0 Å². The number of likely N-dealkylation sites (tertiary alicyclic amines) is 1. The molecule has 1 saturated heterocycles. The highest BCUT2D eigenvalue weighted by molar-refractivity contribution is 5.92. The lowest BCUT2D eigenvalue weighted by Gasteiger charge is -2.21. The van der Waals surface area contributed by atoms with Gasteiger partial charge in [-0.2, -0.15) is 0 Å². The van der Waals surface area contributed by atoms with E-state index in [9.17, 15) is 14.3 Å². The lowest BCUT2D eigenvalue weighted by atomic mass is 10.2. The highest BCUT2D eigenvalue weighted by Crippen LogP contribution is 2.20. The normalized spacial score (nSPS) is 18.8. The van der Waals surface area contributed by atoms with E-state index >= 15 is 0 Å². The Bertz CT molecular complexity index is 516. The van der Waals surface area contributed by atoms with E-state index in [1.165, 1.54) is 25.3 Å². The Labute approximate surface area is 117 Å². The van der Waals surface area contributed by atoms with Gasteiger partial charge in [0.05, 0.1) is 19.8 Å². The van der Waals surface area contributed by atoms with E-state index in [1.807, 2.05) is 0 Å². The number of hydrogen-bond donors (Lipinski definition) is 1. The predicted octanol–water partition coefficient (Wildman–Crippen LogP) is 1.83. The fourth-order valence-corrected chi connectivity index (χ4v) is 2.37. The topological polar surface area (TPSA) is 49.8 Å². The maximum Gasteiger partial charge on any atom is 0.246 e. The molecule has 20 heavy (non-hydrogen) atoms. The third-order valence-corrected chi connectivity index (χ3v) is 3.47. The second-order valence-electron chi connectivity index (χ2n) is 4.74. The number of halogens is 1. The number of aliphatic hydroxyl groups excluding tert-OH is 1.